The number of rotatable bonds is 4. The maximum Gasteiger partial charge on any atom is 0.269 e. The van der Waals surface area contributed by atoms with Crippen LogP contribution in [0.1, 0.15) is 34.5 Å². The van der Waals surface area contributed by atoms with Gasteiger partial charge < -0.3 is 5.32 Å². The predicted molar refractivity (Wildman–Crippen MR) is 92.4 cm³/mol. The molecule has 1 aliphatic heterocycles. The van der Waals surface area contributed by atoms with Gasteiger partial charge in [0.15, 0.2) is 0 Å². The highest BCUT2D eigenvalue weighted by molar-refractivity contribution is 7.90. The Bertz CT molecular complexity index is 936. The van der Waals surface area contributed by atoms with E-state index in [4.69, 9.17) is 0 Å². The quantitative estimate of drug-likeness (QED) is 0.906. The van der Waals surface area contributed by atoms with Crippen molar-refractivity contribution >= 4 is 21.8 Å². The van der Waals surface area contributed by atoms with Crippen LogP contribution in [0.15, 0.2) is 53.4 Å². The summed E-state index contributed by atoms with van der Waals surface area (Å²) in [4.78, 5) is 24.5. The smallest absolute Gasteiger partial charge is 0.269 e. The zero-order valence-electron chi connectivity index (χ0n) is 13.9. The van der Waals surface area contributed by atoms with E-state index >= 15 is 0 Å². The molecule has 0 aliphatic carbocycles. The van der Waals surface area contributed by atoms with E-state index in [0.29, 0.717) is 4.31 Å². The van der Waals surface area contributed by atoms with Crippen molar-refractivity contribution in [3.63, 3.8) is 0 Å². The van der Waals surface area contributed by atoms with E-state index in [1.54, 1.807) is 19.1 Å². The summed E-state index contributed by atoms with van der Waals surface area (Å²) in [7, 11) is -3.97. The number of amides is 2. The van der Waals surface area contributed by atoms with Crippen LogP contribution in [-0.4, -0.2) is 31.1 Å². The molecule has 1 unspecified atom stereocenters. The van der Waals surface area contributed by atoms with Gasteiger partial charge in [0.2, 0.25) is 5.91 Å². The van der Waals surface area contributed by atoms with Gasteiger partial charge >= 0.3 is 0 Å². The number of fused-ring (bicyclic) bond motifs is 1. The third-order valence-electron chi connectivity index (χ3n) is 4.15. The van der Waals surface area contributed by atoms with Crippen molar-refractivity contribution in [2.24, 2.45) is 0 Å². The summed E-state index contributed by atoms with van der Waals surface area (Å²) in [6.07, 6.45) is 0. The summed E-state index contributed by atoms with van der Waals surface area (Å²) in [6, 6.07) is 13.3. The summed E-state index contributed by atoms with van der Waals surface area (Å²) in [5.41, 5.74) is 2.11. The van der Waals surface area contributed by atoms with Crippen molar-refractivity contribution in [1.29, 1.82) is 0 Å². The fraction of sp³-hybridized carbons (Fsp3) is 0.222. The fourth-order valence-electron chi connectivity index (χ4n) is 2.74. The average Bonchev–Trinajstić information content (AvgIpc) is 2.77. The fourth-order valence-corrected chi connectivity index (χ4v) is 4.27. The van der Waals surface area contributed by atoms with Gasteiger partial charge in [0, 0.05) is 0 Å². The van der Waals surface area contributed by atoms with Crippen LogP contribution < -0.4 is 5.32 Å². The molecule has 25 heavy (non-hydrogen) atoms. The van der Waals surface area contributed by atoms with Crippen LogP contribution in [0, 0.1) is 6.92 Å². The predicted octanol–water partition coefficient (Wildman–Crippen LogP) is 2.02. The molecular formula is C18H18N2O4S. The lowest BCUT2D eigenvalue weighted by Gasteiger charge is -2.18. The zero-order chi connectivity index (χ0) is 18.2. The first kappa shape index (κ1) is 17.2. The van der Waals surface area contributed by atoms with Gasteiger partial charge in [-0.15, -0.1) is 0 Å². The topological polar surface area (TPSA) is 83.6 Å². The largest absolute Gasteiger partial charge is 0.348 e. The first-order valence-electron chi connectivity index (χ1n) is 7.83. The number of benzene rings is 2. The minimum Gasteiger partial charge on any atom is -0.348 e. The van der Waals surface area contributed by atoms with Crippen molar-refractivity contribution in [2.75, 3.05) is 6.54 Å². The number of carbonyl (C=O) groups is 2. The Morgan fingerprint density at radius 2 is 1.76 bits per heavy atom. The number of sulfonamides is 1. The number of aryl methyl sites for hydroxylation is 1. The van der Waals surface area contributed by atoms with Gasteiger partial charge in [-0.1, -0.05) is 42.0 Å². The Balaban J connectivity index is 1.73. The molecule has 2 aromatic carbocycles. The standard InChI is InChI=1S/C18H18N2O4S/c1-12-7-9-14(10-8-12)13(2)19-17(21)11-20-18(22)15-5-3-4-6-16(15)25(20,23)24/h3-10,13H,11H2,1-2H3,(H,19,21). The van der Waals surface area contributed by atoms with Crippen LogP contribution in [0.2, 0.25) is 0 Å². The van der Waals surface area contributed by atoms with Crippen molar-refractivity contribution < 1.29 is 18.0 Å². The van der Waals surface area contributed by atoms with Crippen LogP contribution in [0.5, 0.6) is 0 Å². The first-order valence-corrected chi connectivity index (χ1v) is 9.27. The molecule has 2 amide bonds. The number of carbonyl (C=O) groups excluding carboxylic acids is 2. The van der Waals surface area contributed by atoms with E-state index in [0.717, 1.165) is 11.1 Å². The third-order valence-corrected chi connectivity index (χ3v) is 5.94. The lowest BCUT2D eigenvalue weighted by atomic mass is 10.1. The molecule has 130 valence electrons. The van der Waals surface area contributed by atoms with E-state index in [2.05, 4.69) is 5.32 Å². The molecule has 1 heterocycles. The maximum absolute atomic E-state index is 12.4. The molecule has 1 N–H and O–H groups in total. The van der Waals surface area contributed by atoms with Gasteiger partial charge in [-0.05, 0) is 31.5 Å². The van der Waals surface area contributed by atoms with Crippen molar-refractivity contribution in [1.82, 2.24) is 9.62 Å². The van der Waals surface area contributed by atoms with Crippen LogP contribution >= 0.6 is 0 Å². The molecule has 0 radical (unpaired) electrons. The van der Waals surface area contributed by atoms with Crippen molar-refractivity contribution in [3.8, 4) is 0 Å². The number of nitrogens with one attached hydrogen (secondary N) is 1. The van der Waals surface area contributed by atoms with Crippen molar-refractivity contribution in [3.05, 3.63) is 65.2 Å². The zero-order valence-corrected chi connectivity index (χ0v) is 14.7. The Morgan fingerprint density at radius 3 is 2.40 bits per heavy atom. The number of hydrogen-bond acceptors (Lipinski definition) is 4. The van der Waals surface area contributed by atoms with Crippen LogP contribution in [0.4, 0.5) is 0 Å². The summed E-state index contributed by atoms with van der Waals surface area (Å²) in [5.74, 6) is -1.20. The molecule has 3 rings (SSSR count). The van der Waals surface area contributed by atoms with E-state index in [9.17, 15) is 18.0 Å². The normalized spacial score (nSPS) is 16.4. The van der Waals surface area contributed by atoms with Gasteiger partial charge in [-0.2, -0.15) is 0 Å². The molecule has 0 spiro atoms. The van der Waals surface area contributed by atoms with E-state index in [-0.39, 0.29) is 16.5 Å². The maximum atomic E-state index is 12.4. The van der Waals surface area contributed by atoms with Gasteiger partial charge in [0.1, 0.15) is 11.4 Å². The molecule has 7 heteroatoms. The molecule has 0 aromatic heterocycles. The molecule has 2 aromatic rings. The van der Waals surface area contributed by atoms with E-state index < -0.39 is 28.4 Å². The second-order valence-corrected chi connectivity index (χ2v) is 7.84. The Kier molecular flexibility index (Phi) is 4.34. The van der Waals surface area contributed by atoms with Gasteiger partial charge in [-0.3, -0.25) is 9.59 Å². The summed E-state index contributed by atoms with van der Waals surface area (Å²) in [6.45, 7) is 3.23. The highest BCUT2D eigenvalue weighted by Gasteiger charge is 2.41. The Labute approximate surface area is 146 Å². The summed E-state index contributed by atoms with van der Waals surface area (Å²) >= 11 is 0. The minimum atomic E-state index is -3.97. The van der Waals surface area contributed by atoms with Gasteiger partial charge in [-0.25, -0.2) is 12.7 Å². The number of hydrogen-bond donors (Lipinski definition) is 1. The second kappa shape index (κ2) is 6.33. The first-order chi connectivity index (χ1) is 11.8. The van der Waals surface area contributed by atoms with Gasteiger partial charge in [0.05, 0.1) is 11.6 Å². The molecule has 0 saturated carbocycles. The van der Waals surface area contributed by atoms with Crippen LogP contribution in [0.3, 0.4) is 0 Å². The van der Waals surface area contributed by atoms with Gasteiger partial charge in [0.25, 0.3) is 15.9 Å². The van der Waals surface area contributed by atoms with Crippen LogP contribution in [0.25, 0.3) is 0 Å². The molecule has 0 saturated heterocycles. The molecular weight excluding hydrogens is 340 g/mol. The monoisotopic (exact) mass is 358 g/mol. The lowest BCUT2D eigenvalue weighted by molar-refractivity contribution is -0.121. The lowest BCUT2D eigenvalue weighted by Crippen LogP contribution is -2.41. The Morgan fingerprint density at radius 1 is 1.12 bits per heavy atom. The molecule has 0 fully saturated rings. The van der Waals surface area contributed by atoms with E-state index in [1.807, 2.05) is 31.2 Å². The molecule has 1 atom stereocenters. The highest BCUT2D eigenvalue weighted by Crippen LogP contribution is 2.29. The SMILES string of the molecule is Cc1ccc(C(C)NC(=O)CN2C(=O)c3ccccc3S2(=O)=O)cc1. The summed E-state index contributed by atoms with van der Waals surface area (Å²) in [5, 5.41) is 2.73. The molecule has 6 nitrogen and oxygen atoms in total. The van der Waals surface area contributed by atoms with Crippen LogP contribution in [-0.2, 0) is 14.8 Å². The molecule has 0 bridgehead atoms. The molecule has 1 aliphatic rings. The summed E-state index contributed by atoms with van der Waals surface area (Å²) < 4.78 is 25.5. The Hall–Kier alpha value is -2.67. The van der Waals surface area contributed by atoms with E-state index in [1.165, 1.54) is 12.1 Å². The third kappa shape index (κ3) is 3.15. The van der Waals surface area contributed by atoms with Crippen molar-refractivity contribution in [2.45, 2.75) is 24.8 Å². The average molecular weight is 358 g/mol. The minimum absolute atomic E-state index is 0.0561. The second-order valence-electron chi connectivity index (χ2n) is 6.01. The highest BCUT2D eigenvalue weighted by atomic mass is 32.2. The number of nitrogens with zero attached hydrogens (tertiary/aromatic N) is 1.